The standard InChI is InChI=1S/2C12H26O/c2*1-4-7-9-12(6-3)11-13-10-8-5-2/h2*12H,4-11H2,1-3H3. The number of hydrogen-bond acceptors (Lipinski definition) is 2. The zero-order chi connectivity index (χ0) is 19.9. The highest BCUT2D eigenvalue weighted by Crippen LogP contribution is 2.13. The highest BCUT2D eigenvalue weighted by molar-refractivity contribution is 4.56. The molecule has 0 N–H and O–H groups in total. The van der Waals surface area contributed by atoms with Crippen molar-refractivity contribution in [3.63, 3.8) is 0 Å². The number of unbranched alkanes of at least 4 members (excludes halogenated alkanes) is 4. The summed E-state index contributed by atoms with van der Waals surface area (Å²) < 4.78 is 11.2. The van der Waals surface area contributed by atoms with Gasteiger partial charge in [-0.2, -0.15) is 0 Å². The van der Waals surface area contributed by atoms with E-state index in [-0.39, 0.29) is 0 Å². The molecule has 2 nitrogen and oxygen atoms in total. The SMILES string of the molecule is CCCCOCC(CC)CCCC.CCCCOCC(CC)CCCC. The molecule has 0 bridgehead atoms. The average Bonchev–Trinajstić information content (AvgIpc) is 2.67. The van der Waals surface area contributed by atoms with Crippen LogP contribution in [0.5, 0.6) is 0 Å². The van der Waals surface area contributed by atoms with Crippen LogP contribution in [0.15, 0.2) is 0 Å². The summed E-state index contributed by atoms with van der Waals surface area (Å²) in [7, 11) is 0. The summed E-state index contributed by atoms with van der Waals surface area (Å²) >= 11 is 0. The Labute approximate surface area is 166 Å². The topological polar surface area (TPSA) is 18.5 Å². The second kappa shape index (κ2) is 24.9. The molecule has 0 saturated carbocycles. The summed E-state index contributed by atoms with van der Waals surface area (Å²) in [5.74, 6) is 1.61. The first kappa shape index (κ1) is 28.1. The maximum Gasteiger partial charge on any atom is 0.0494 e. The smallest absolute Gasteiger partial charge is 0.0494 e. The Balaban J connectivity index is 0. The van der Waals surface area contributed by atoms with Crippen molar-refractivity contribution < 1.29 is 9.47 Å². The third kappa shape index (κ3) is 22.0. The van der Waals surface area contributed by atoms with Gasteiger partial charge in [0.05, 0.1) is 0 Å². The Morgan fingerprint density at radius 1 is 0.500 bits per heavy atom. The Hall–Kier alpha value is -0.0800. The van der Waals surface area contributed by atoms with Crippen molar-refractivity contribution in [2.75, 3.05) is 26.4 Å². The predicted octanol–water partition coefficient (Wildman–Crippen LogP) is 8.04. The van der Waals surface area contributed by atoms with E-state index in [0.29, 0.717) is 0 Å². The first-order valence-corrected chi connectivity index (χ1v) is 11.8. The molecule has 0 spiro atoms. The second-order valence-corrected chi connectivity index (χ2v) is 7.69. The number of hydrogen-bond donors (Lipinski definition) is 0. The molecule has 0 aromatic heterocycles. The molecule has 160 valence electrons. The molecule has 0 aliphatic heterocycles. The maximum absolute atomic E-state index is 5.62. The van der Waals surface area contributed by atoms with Crippen molar-refractivity contribution in [3.8, 4) is 0 Å². The highest BCUT2D eigenvalue weighted by Gasteiger charge is 2.05. The van der Waals surface area contributed by atoms with Crippen LogP contribution in [-0.4, -0.2) is 26.4 Å². The van der Waals surface area contributed by atoms with Gasteiger partial charge in [-0.15, -0.1) is 0 Å². The van der Waals surface area contributed by atoms with Crippen molar-refractivity contribution in [2.45, 2.75) is 119 Å². The Bertz CT molecular complexity index is 206. The van der Waals surface area contributed by atoms with E-state index in [1.807, 2.05) is 0 Å². The van der Waals surface area contributed by atoms with E-state index < -0.39 is 0 Å². The number of ether oxygens (including phenoxy) is 2. The molecule has 0 rings (SSSR count). The van der Waals surface area contributed by atoms with E-state index in [2.05, 4.69) is 41.5 Å². The molecule has 0 aliphatic carbocycles. The molecule has 2 unspecified atom stereocenters. The fourth-order valence-electron chi connectivity index (χ4n) is 2.79. The Morgan fingerprint density at radius 2 is 0.846 bits per heavy atom. The molecule has 0 amide bonds. The van der Waals surface area contributed by atoms with Crippen LogP contribution in [0.1, 0.15) is 119 Å². The first-order chi connectivity index (χ1) is 12.7. The molecule has 0 fully saturated rings. The molecule has 26 heavy (non-hydrogen) atoms. The van der Waals surface area contributed by atoms with Crippen LogP contribution in [0, 0.1) is 11.8 Å². The lowest BCUT2D eigenvalue weighted by Crippen LogP contribution is -2.09. The van der Waals surface area contributed by atoms with E-state index in [1.165, 1.54) is 77.0 Å². The molecular formula is C24H52O2. The van der Waals surface area contributed by atoms with Gasteiger partial charge in [0.1, 0.15) is 0 Å². The van der Waals surface area contributed by atoms with Crippen LogP contribution in [0.2, 0.25) is 0 Å². The van der Waals surface area contributed by atoms with Gasteiger partial charge in [-0.3, -0.25) is 0 Å². The molecule has 0 saturated heterocycles. The van der Waals surface area contributed by atoms with Crippen molar-refractivity contribution >= 4 is 0 Å². The van der Waals surface area contributed by atoms with Gasteiger partial charge < -0.3 is 9.47 Å². The van der Waals surface area contributed by atoms with Gasteiger partial charge in [0.15, 0.2) is 0 Å². The largest absolute Gasteiger partial charge is 0.381 e. The highest BCUT2D eigenvalue weighted by atomic mass is 16.5. The monoisotopic (exact) mass is 372 g/mol. The lowest BCUT2D eigenvalue weighted by molar-refractivity contribution is 0.0917. The predicted molar refractivity (Wildman–Crippen MR) is 118 cm³/mol. The summed E-state index contributed by atoms with van der Waals surface area (Å²) in [6, 6.07) is 0. The van der Waals surface area contributed by atoms with Crippen molar-refractivity contribution in [2.24, 2.45) is 11.8 Å². The van der Waals surface area contributed by atoms with Crippen LogP contribution in [0.25, 0.3) is 0 Å². The molecular weight excluding hydrogens is 320 g/mol. The second-order valence-electron chi connectivity index (χ2n) is 7.69. The zero-order valence-electron chi connectivity index (χ0n) is 19.3. The molecule has 0 heterocycles. The van der Waals surface area contributed by atoms with E-state index in [1.54, 1.807) is 0 Å². The van der Waals surface area contributed by atoms with Crippen LogP contribution in [-0.2, 0) is 9.47 Å². The molecule has 0 radical (unpaired) electrons. The maximum atomic E-state index is 5.62. The van der Waals surface area contributed by atoms with Crippen LogP contribution in [0.3, 0.4) is 0 Å². The van der Waals surface area contributed by atoms with E-state index >= 15 is 0 Å². The van der Waals surface area contributed by atoms with Crippen LogP contribution >= 0.6 is 0 Å². The first-order valence-electron chi connectivity index (χ1n) is 11.8. The Morgan fingerprint density at radius 3 is 1.12 bits per heavy atom. The lowest BCUT2D eigenvalue weighted by Gasteiger charge is -2.14. The van der Waals surface area contributed by atoms with Crippen molar-refractivity contribution in [3.05, 3.63) is 0 Å². The van der Waals surface area contributed by atoms with Gasteiger partial charge in [-0.1, -0.05) is 92.9 Å². The fourth-order valence-corrected chi connectivity index (χ4v) is 2.79. The van der Waals surface area contributed by atoms with Crippen molar-refractivity contribution in [1.29, 1.82) is 0 Å². The quantitative estimate of drug-likeness (QED) is 0.227. The van der Waals surface area contributed by atoms with Gasteiger partial charge in [-0.25, -0.2) is 0 Å². The Kier molecular flexibility index (Phi) is 27.0. The third-order valence-corrected chi connectivity index (χ3v) is 5.08. The number of rotatable bonds is 18. The molecule has 2 atom stereocenters. The van der Waals surface area contributed by atoms with Gasteiger partial charge in [-0.05, 0) is 37.5 Å². The van der Waals surface area contributed by atoms with Gasteiger partial charge in [0.2, 0.25) is 0 Å². The normalized spacial score (nSPS) is 13.2. The van der Waals surface area contributed by atoms with E-state index in [9.17, 15) is 0 Å². The summed E-state index contributed by atoms with van der Waals surface area (Å²) in [6.45, 7) is 17.3. The molecule has 0 aromatic carbocycles. The summed E-state index contributed by atoms with van der Waals surface area (Å²) in [5.41, 5.74) is 0. The summed E-state index contributed by atoms with van der Waals surface area (Å²) in [4.78, 5) is 0. The van der Waals surface area contributed by atoms with Gasteiger partial charge >= 0.3 is 0 Å². The average molecular weight is 373 g/mol. The van der Waals surface area contributed by atoms with Crippen LogP contribution in [0.4, 0.5) is 0 Å². The van der Waals surface area contributed by atoms with Gasteiger partial charge in [0, 0.05) is 26.4 Å². The van der Waals surface area contributed by atoms with Gasteiger partial charge in [0.25, 0.3) is 0 Å². The third-order valence-electron chi connectivity index (χ3n) is 5.08. The minimum atomic E-state index is 0.803. The van der Waals surface area contributed by atoms with Crippen molar-refractivity contribution in [1.82, 2.24) is 0 Å². The summed E-state index contributed by atoms with van der Waals surface area (Å²) in [5, 5.41) is 0. The molecule has 2 heteroatoms. The molecule has 0 aromatic rings. The molecule has 0 aliphatic rings. The zero-order valence-corrected chi connectivity index (χ0v) is 19.3. The van der Waals surface area contributed by atoms with E-state index in [4.69, 9.17) is 9.47 Å². The minimum absolute atomic E-state index is 0.803. The fraction of sp³-hybridized carbons (Fsp3) is 1.00. The lowest BCUT2D eigenvalue weighted by atomic mass is 10.0. The van der Waals surface area contributed by atoms with E-state index in [0.717, 1.165) is 38.3 Å². The summed E-state index contributed by atoms with van der Waals surface area (Å²) in [6.07, 6.45) is 15.5. The van der Waals surface area contributed by atoms with Crippen LogP contribution < -0.4 is 0 Å². The minimum Gasteiger partial charge on any atom is -0.381 e.